The second kappa shape index (κ2) is 8.46. The summed E-state index contributed by atoms with van der Waals surface area (Å²) in [4.78, 5) is 0. The van der Waals surface area contributed by atoms with E-state index in [0.717, 1.165) is 5.56 Å². The van der Waals surface area contributed by atoms with Crippen molar-refractivity contribution in [1.82, 2.24) is 0 Å². The lowest BCUT2D eigenvalue weighted by atomic mass is 9.98. The van der Waals surface area contributed by atoms with Gasteiger partial charge in [-0.1, -0.05) is 72.8 Å². The molecular weight excluding hydrogens is 385 g/mol. The minimum Gasteiger partial charge on any atom is -0.489 e. The van der Waals surface area contributed by atoms with Crippen LogP contribution in [0.5, 0.6) is 5.75 Å². The molecule has 0 amide bonds. The molecule has 4 aromatic rings. The molecule has 0 N–H and O–H groups in total. The average Bonchev–Trinajstić information content (AvgIpc) is 2.77. The minimum absolute atomic E-state index is 0.195. The first-order valence-corrected chi connectivity index (χ1v) is 9.54. The standard InChI is InChI=1S/C26H19F3O/c1-17-7-12-21(15-24(17)27)30-16-18-8-10-20(11-9-18)23-14-13-22(25(28)26(23)29)19-5-3-2-4-6-19/h2-15H,16H2,1H3. The largest absolute Gasteiger partial charge is 0.489 e. The van der Waals surface area contributed by atoms with Crippen LogP contribution in [0.25, 0.3) is 22.3 Å². The Morgan fingerprint density at radius 2 is 1.27 bits per heavy atom. The topological polar surface area (TPSA) is 9.23 Å². The molecule has 0 bridgehead atoms. The summed E-state index contributed by atoms with van der Waals surface area (Å²) in [5, 5.41) is 0. The van der Waals surface area contributed by atoms with E-state index in [1.165, 1.54) is 6.07 Å². The van der Waals surface area contributed by atoms with Gasteiger partial charge in [0.05, 0.1) is 0 Å². The van der Waals surface area contributed by atoms with Crippen LogP contribution in [0.1, 0.15) is 11.1 Å². The highest BCUT2D eigenvalue weighted by Gasteiger charge is 2.15. The maximum atomic E-state index is 14.7. The van der Waals surface area contributed by atoms with E-state index in [0.29, 0.717) is 22.4 Å². The van der Waals surface area contributed by atoms with Crippen LogP contribution in [0, 0.1) is 24.4 Å². The first kappa shape index (κ1) is 19.8. The Morgan fingerprint density at radius 3 is 1.87 bits per heavy atom. The van der Waals surface area contributed by atoms with E-state index in [1.807, 2.05) is 6.07 Å². The number of ether oxygens (including phenoxy) is 1. The molecule has 1 nitrogen and oxygen atoms in total. The van der Waals surface area contributed by atoms with Crippen LogP contribution in [0.4, 0.5) is 13.2 Å². The van der Waals surface area contributed by atoms with Gasteiger partial charge in [0, 0.05) is 17.2 Å². The molecule has 0 heterocycles. The molecule has 0 atom stereocenters. The van der Waals surface area contributed by atoms with Crippen molar-refractivity contribution in [3.63, 3.8) is 0 Å². The van der Waals surface area contributed by atoms with Crippen molar-refractivity contribution in [2.75, 3.05) is 0 Å². The minimum atomic E-state index is -0.879. The summed E-state index contributed by atoms with van der Waals surface area (Å²) in [6.07, 6.45) is 0. The summed E-state index contributed by atoms with van der Waals surface area (Å²) in [6, 6.07) is 23.8. The highest BCUT2D eigenvalue weighted by molar-refractivity contribution is 5.71. The van der Waals surface area contributed by atoms with Crippen LogP contribution in [0.2, 0.25) is 0 Å². The molecule has 0 aliphatic rings. The van der Waals surface area contributed by atoms with Crippen molar-refractivity contribution in [3.8, 4) is 28.0 Å². The van der Waals surface area contributed by atoms with Gasteiger partial charge in [0.15, 0.2) is 11.6 Å². The van der Waals surface area contributed by atoms with Gasteiger partial charge in [0.25, 0.3) is 0 Å². The van der Waals surface area contributed by atoms with Gasteiger partial charge in [0.2, 0.25) is 0 Å². The Balaban J connectivity index is 1.52. The van der Waals surface area contributed by atoms with Crippen LogP contribution < -0.4 is 4.74 Å². The van der Waals surface area contributed by atoms with Crippen LogP contribution in [-0.4, -0.2) is 0 Å². The molecule has 0 saturated heterocycles. The third-order valence-electron chi connectivity index (χ3n) is 4.98. The summed E-state index contributed by atoms with van der Waals surface area (Å²) in [5.41, 5.74) is 3.00. The molecule has 0 aliphatic carbocycles. The Bertz CT molecular complexity index is 1170. The monoisotopic (exact) mass is 404 g/mol. The Labute approximate surface area is 173 Å². The predicted octanol–water partition coefficient (Wildman–Crippen LogP) is 7.33. The molecule has 0 unspecified atom stereocenters. The SMILES string of the molecule is Cc1ccc(OCc2ccc(-c3ccc(-c4ccccc4)c(F)c3F)cc2)cc1F. The van der Waals surface area contributed by atoms with Gasteiger partial charge in [0.1, 0.15) is 18.2 Å². The predicted molar refractivity (Wildman–Crippen MR) is 113 cm³/mol. The second-order valence-electron chi connectivity index (χ2n) is 7.05. The lowest BCUT2D eigenvalue weighted by Gasteiger charge is -2.11. The Hall–Kier alpha value is -3.53. The first-order chi connectivity index (χ1) is 14.5. The molecule has 0 aliphatic heterocycles. The molecule has 30 heavy (non-hydrogen) atoms. The van der Waals surface area contributed by atoms with Gasteiger partial charge in [-0.05, 0) is 35.2 Å². The quantitative estimate of drug-likeness (QED) is 0.338. The first-order valence-electron chi connectivity index (χ1n) is 9.54. The summed E-state index contributed by atoms with van der Waals surface area (Å²) >= 11 is 0. The van der Waals surface area contributed by atoms with Crippen molar-refractivity contribution >= 4 is 0 Å². The van der Waals surface area contributed by atoms with Gasteiger partial charge in [-0.2, -0.15) is 0 Å². The second-order valence-corrected chi connectivity index (χ2v) is 7.05. The molecule has 0 radical (unpaired) electrons. The normalized spacial score (nSPS) is 10.8. The van der Waals surface area contributed by atoms with E-state index in [2.05, 4.69) is 0 Å². The maximum Gasteiger partial charge on any atom is 0.167 e. The zero-order valence-corrected chi connectivity index (χ0v) is 16.3. The van der Waals surface area contributed by atoms with E-state index in [1.54, 1.807) is 79.7 Å². The zero-order chi connectivity index (χ0) is 21.1. The number of halogens is 3. The van der Waals surface area contributed by atoms with E-state index >= 15 is 0 Å². The molecule has 0 fully saturated rings. The van der Waals surface area contributed by atoms with Gasteiger partial charge in [-0.3, -0.25) is 0 Å². The van der Waals surface area contributed by atoms with E-state index in [4.69, 9.17) is 4.74 Å². The summed E-state index contributed by atoms with van der Waals surface area (Å²) < 4.78 is 48.6. The lowest BCUT2D eigenvalue weighted by Crippen LogP contribution is -1.97. The van der Waals surface area contributed by atoms with Gasteiger partial charge < -0.3 is 4.74 Å². The fourth-order valence-corrected chi connectivity index (χ4v) is 3.22. The van der Waals surface area contributed by atoms with Crippen molar-refractivity contribution in [2.24, 2.45) is 0 Å². The number of hydrogen-bond donors (Lipinski definition) is 0. The maximum absolute atomic E-state index is 14.7. The van der Waals surface area contributed by atoms with Crippen molar-refractivity contribution in [3.05, 3.63) is 114 Å². The van der Waals surface area contributed by atoms with Crippen LogP contribution in [-0.2, 0) is 6.61 Å². The van der Waals surface area contributed by atoms with Crippen molar-refractivity contribution < 1.29 is 17.9 Å². The van der Waals surface area contributed by atoms with Crippen LogP contribution in [0.15, 0.2) is 84.9 Å². The number of aryl methyl sites for hydroxylation is 1. The molecule has 150 valence electrons. The van der Waals surface area contributed by atoms with E-state index in [-0.39, 0.29) is 23.6 Å². The molecule has 0 saturated carbocycles. The average molecular weight is 404 g/mol. The van der Waals surface area contributed by atoms with E-state index in [9.17, 15) is 13.2 Å². The van der Waals surface area contributed by atoms with Gasteiger partial charge in [-0.25, -0.2) is 13.2 Å². The Kier molecular flexibility index (Phi) is 5.57. The smallest absolute Gasteiger partial charge is 0.167 e. The molecule has 0 spiro atoms. The molecular formula is C26H19F3O. The van der Waals surface area contributed by atoms with Crippen LogP contribution in [0.3, 0.4) is 0 Å². The lowest BCUT2D eigenvalue weighted by molar-refractivity contribution is 0.304. The fraction of sp³-hybridized carbons (Fsp3) is 0.0769. The zero-order valence-electron chi connectivity index (χ0n) is 16.3. The third kappa shape index (κ3) is 4.08. The molecule has 0 aromatic heterocycles. The summed E-state index contributed by atoms with van der Waals surface area (Å²) in [5.74, 6) is -1.63. The van der Waals surface area contributed by atoms with Crippen molar-refractivity contribution in [1.29, 1.82) is 0 Å². The highest BCUT2D eigenvalue weighted by Crippen LogP contribution is 2.31. The van der Waals surface area contributed by atoms with Gasteiger partial charge in [-0.15, -0.1) is 0 Å². The summed E-state index contributed by atoms with van der Waals surface area (Å²) in [7, 11) is 0. The number of rotatable bonds is 5. The highest BCUT2D eigenvalue weighted by atomic mass is 19.2. The van der Waals surface area contributed by atoms with Crippen LogP contribution >= 0.6 is 0 Å². The Morgan fingerprint density at radius 1 is 0.667 bits per heavy atom. The van der Waals surface area contributed by atoms with Gasteiger partial charge >= 0.3 is 0 Å². The fourth-order valence-electron chi connectivity index (χ4n) is 3.22. The summed E-state index contributed by atoms with van der Waals surface area (Å²) in [6.45, 7) is 1.93. The number of benzene rings is 4. The number of hydrogen-bond acceptors (Lipinski definition) is 1. The molecule has 4 heteroatoms. The third-order valence-corrected chi connectivity index (χ3v) is 4.98. The molecule has 4 rings (SSSR count). The van der Waals surface area contributed by atoms with Crippen molar-refractivity contribution in [2.45, 2.75) is 13.5 Å². The van der Waals surface area contributed by atoms with E-state index < -0.39 is 11.6 Å². The molecule has 4 aromatic carbocycles.